The second kappa shape index (κ2) is 5.09. The van der Waals surface area contributed by atoms with Crippen LogP contribution in [0.3, 0.4) is 0 Å². The lowest BCUT2D eigenvalue weighted by Crippen LogP contribution is -2.13. The average Bonchev–Trinajstić information content (AvgIpc) is 2.21. The first-order chi connectivity index (χ1) is 7.17. The monoisotopic (exact) mass is 210 g/mol. The minimum Gasteiger partial charge on any atom is -0.495 e. The number of hydrogen-bond donors (Lipinski definition) is 2. The maximum absolute atomic E-state index is 11.1. The molecular weight excluding hydrogens is 196 g/mol. The summed E-state index contributed by atoms with van der Waals surface area (Å²) in [5, 5.41) is 2.55. The van der Waals surface area contributed by atoms with Crippen molar-refractivity contribution >= 4 is 17.5 Å². The zero-order chi connectivity index (χ0) is 11.3. The summed E-state index contributed by atoms with van der Waals surface area (Å²) in [7, 11) is 1.51. The minimum atomic E-state index is -0.496. The van der Waals surface area contributed by atoms with Crippen molar-refractivity contribution in [2.45, 2.75) is 6.92 Å². The van der Waals surface area contributed by atoms with E-state index in [1.54, 1.807) is 25.1 Å². The molecule has 0 aliphatic heterocycles. The number of carbonyl (C=O) groups excluding carboxylic acids is 1. The number of rotatable bonds is 3. The van der Waals surface area contributed by atoms with Gasteiger partial charge < -0.3 is 15.2 Å². The van der Waals surface area contributed by atoms with E-state index in [1.807, 2.05) is 0 Å². The molecule has 3 N–H and O–H groups in total. The van der Waals surface area contributed by atoms with E-state index in [0.29, 0.717) is 23.7 Å². The molecule has 0 radical (unpaired) electrons. The van der Waals surface area contributed by atoms with E-state index < -0.39 is 6.09 Å². The van der Waals surface area contributed by atoms with Gasteiger partial charge in [-0.3, -0.25) is 5.32 Å². The fraction of sp³-hybridized carbons (Fsp3) is 0.300. The fourth-order valence-electron chi connectivity index (χ4n) is 1.07. The Kier molecular flexibility index (Phi) is 3.79. The largest absolute Gasteiger partial charge is 0.495 e. The van der Waals surface area contributed by atoms with Crippen LogP contribution in [-0.2, 0) is 4.74 Å². The fourth-order valence-corrected chi connectivity index (χ4v) is 1.07. The van der Waals surface area contributed by atoms with Gasteiger partial charge in [-0.25, -0.2) is 4.79 Å². The zero-order valence-electron chi connectivity index (χ0n) is 8.74. The molecule has 0 heterocycles. The summed E-state index contributed by atoms with van der Waals surface area (Å²) in [6.07, 6.45) is -0.496. The van der Waals surface area contributed by atoms with Crippen LogP contribution in [0.1, 0.15) is 6.92 Å². The van der Waals surface area contributed by atoms with E-state index in [0.717, 1.165) is 0 Å². The van der Waals surface area contributed by atoms with Gasteiger partial charge in [0.15, 0.2) is 0 Å². The Morgan fingerprint density at radius 2 is 2.27 bits per heavy atom. The standard InChI is InChI=1S/C10H14N2O3/c1-3-15-10(13)12-7-4-5-8(11)9(6-7)14-2/h4-6H,3,11H2,1-2H3,(H,12,13). The van der Waals surface area contributed by atoms with E-state index in [4.69, 9.17) is 15.2 Å². The normalized spacial score (nSPS) is 9.47. The predicted octanol–water partition coefficient (Wildman–Crippen LogP) is 1.85. The van der Waals surface area contributed by atoms with Crippen LogP contribution >= 0.6 is 0 Å². The van der Waals surface area contributed by atoms with Crippen LogP contribution in [0, 0.1) is 0 Å². The molecule has 1 amide bonds. The first-order valence-corrected chi connectivity index (χ1v) is 4.54. The SMILES string of the molecule is CCOC(=O)Nc1ccc(N)c(OC)c1. The number of methoxy groups -OCH3 is 1. The molecule has 0 aliphatic rings. The Bertz CT molecular complexity index is 353. The molecule has 5 heteroatoms. The van der Waals surface area contributed by atoms with Crippen LogP contribution in [-0.4, -0.2) is 19.8 Å². The van der Waals surface area contributed by atoms with Crippen LogP contribution in [0.25, 0.3) is 0 Å². The quantitative estimate of drug-likeness (QED) is 0.746. The molecule has 0 saturated heterocycles. The maximum atomic E-state index is 11.1. The number of nitrogens with one attached hydrogen (secondary N) is 1. The molecular formula is C10H14N2O3. The second-order valence-electron chi connectivity index (χ2n) is 2.80. The number of anilines is 2. The summed E-state index contributed by atoms with van der Waals surface area (Å²) in [5.41, 5.74) is 6.72. The Labute approximate surface area is 88.2 Å². The van der Waals surface area contributed by atoms with Crippen molar-refractivity contribution in [3.8, 4) is 5.75 Å². The maximum Gasteiger partial charge on any atom is 0.411 e. The van der Waals surface area contributed by atoms with Gasteiger partial charge in [0, 0.05) is 11.8 Å². The highest BCUT2D eigenvalue weighted by Crippen LogP contribution is 2.24. The lowest BCUT2D eigenvalue weighted by atomic mass is 10.2. The van der Waals surface area contributed by atoms with Crippen molar-refractivity contribution in [2.24, 2.45) is 0 Å². The molecule has 5 nitrogen and oxygen atoms in total. The van der Waals surface area contributed by atoms with Gasteiger partial charge in [0.05, 0.1) is 19.4 Å². The highest BCUT2D eigenvalue weighted by atomic mass is 16.5. The van der Waals surface area contributed by atoms with Gasteiger partial charge in [-0.1, -0.05) is 0 Å². The Balaban J connectivity index is 2.74. The topological polar surface area (TPSA) is 73.6 Å². The van der Waals surface area contributed by atoms with Crippen LogP contribution in [0.2, 0.25) is 0 Å². The first kappa shape index (κ1) is 11.2. The summed E-state index contributed by atoms with van der Waals surface area (Å²) in [6, 6.07) is 4.96. The highest BCUT2D eigenvalue weighted by Gasteiger charge is 2.04. The first-order valence-electron chi connectivity index (χ1n) is 4.54. The van der Waals surface area contributed by atoms with Crippen molar-refractivity contribution in [3.05, 3.63) is 18.2 Å². The van der Waals surface area contributed by atoms with Gasteiger partial charge >= 0.3 is 6.09 Å². The van der Waals surface area contributed by atoms with Gasteiger partial charge in [-0.2, -0.15) is 0 Å². The molecule has 1 aromatic carbocycles. The number of carbonyl (C=O) groups is 1. The van der Waals surface area contributed by atoms with Gasteiger partial charge in [0.1, 0.15) is 5.75 Å². The van der Waals surface area contributed by atoms with Crippen molar-refractivity contribution in [2.75, 3.05) is 24.8 Å². The summed E-state index contributed by atoms with van der Waals surface area (Å²) in [5.74, 6) is 0.518. The molecule has 0 saturated carbocycles. The van der Waals surface area contributed by atoms with Crippen molar-refractivity contribution in [1.82, 2.24) is 0 Å². The van der Waals surface area contributed by atoms with E-state index in [-0.39, 0.29) is 0 Å². The number of ether oxygens (including phenoxy) is 2. The molecule has 0 aliphatic carbocycles. The molecule has 15 heavy (non-hydrogen) atoms. The summed E-state index contributed by atoms with van der Waals surface area (Å²) in [4.78, 5) is 11.1. The number of amides is 1. The Hall–Kier alpha value is -1.91. The van der Waals surface area contributed by atoms with E-state index in [2.05, 4.69) is 5.32 Å². The number of hydrogen-bond acceptors (Lipinski definition) is 4. The lowest BCUT2D eigenvalue weighted by molar-refractivity contribution is 0.168. The number of nitrogen functional groups attached to an aromatic ring is 1. The van der Waals surface area contributed by atoms with Gasteiger partial charge in [0.25, 0.3) is 0 Å². The second-order valence-corrected chi connectivity index (χ2v) is 2.80. The van der Waals surface area contributed by atoms with E-state index in [9.17, 15) is 4.79 Å². The average molecular weight is 210 g/mol. The van der Waals surface area contributed by atoms with Crippen LogP contribution in [0.15, 0.2) is 18.2 Å². The van der Waals surface area contributed by atoms with Crippen LogP contribution in [0.5, 0.6) is 5.75 Å². The predicted molar refractivity (Wildman–Crippen MR) is 58.1 cm³/mol. The van der Waals surface area contributed by atoms with Crippen LogP contribution < -0.4 is 15.8 Å². The van der Waals surface area contributed by atoms with Gasteiger partial charge in [0.2, 0.25) is 0 Å². The summed E-state index contributed by atoms with van der Waals surface area (Å²) < 4.78 is 9.74. The molecule has 0 atom stereocenters. The molecule has 0 aromatic heterocycles. The number of nitrogens with two attached hydrogens (primary N) is 1. The van der Waals surface area contributed by atoms with Crippen molar-refractivity contribution < 1.29 is 14.3 Å². The Morgan fingerprint density at radius 3 is 2.87 bits per heavy atom. The van der Waals surface area contributed by atoms with E-state index >= 15 is 0 Å². The molecule has 0 unspecified atom stereocenters. The van der Waals surface area contributed by atoms with Crippen molar-refractivity contribution in [3.63, 3.8) is 0 Å². The Morgan fingerprint density at radius 1 is 1.53 bits per heavy atom. The molecule has 0 spiro atoms. The molecule has 82 valence electrons. The highest BCUT2D eigenvalue weighted by molar-refractivity contribution is 5.85. The molecule has 1 rings (SSSR count). The molecule has 0 bridgehead atoms. The summed E-state index contributed by atoms with van der Waals surface area (Å²) in [6.45, 7) is 2.07. The third kappa shape index (κ3) is 3.05. The van der Waals surface area contributed by atoms with Gasteiger partial charge in [-0.05, 0) is 19.1 Å². The summed E-state index contributed by atoms with van der Waals surface area (Å²) >= 11 is 0. The lowest BCUT2D eigenvalue weighted by Gasteiger charge is -2.08. The van der Waals surface area contributed by atoms with Crippen LogP contribution in [0.4, 0.5) is 16.2 Å². The third-order valence-electron chi connectivity index (χ3n) is 1.76. The number of benzene rings is 1. The third-order valence-corrected chi connectivity index (χ3v) is 1.76. The zero-order valence-corrected chi connectivity index (χ0v) is 8.74. The molecule has 0 fully saturated rings. The minimum absolute atomic E-state index is 0.331. The molecule has 1 aromatic rings. The van der Waals surface area contributed by atoms with E-state index in [1.165, 1.54) is 7.11 Å². The van der Waals surface area contributed by atoms with Crippen molar-refractivity contribution in [1.29, 1.82) is 0 Å². The smallest absolute Gasteiger partial charge is 0.411 e. The van der Waals surface area contributed by atoms with Gasteiger partial charge in [-0.15, -0.1) is 0 Å².